The lowest BCUT2D eigenvalue weighted by Crippen LogP contribution is -2.13. The standard InChI is InChI=1S/C11H14N2O2S2/c1-17(14,15)10-5-3-9(4-6-10)13-11-12-7-2-8-16-11/h3-6H,2,7-8H2,1H3,(H,12,13). The number of sulfone groups is 1. The van der Waals surface area contributed by atoms with Crippen molar-refractivity contribution in [1.29, 1.82) is 0 Å². The van der Waals surface area contributed by atoms with Crippen molar-refractivity contribution in [1.82, 2.24) is 0 Å². The number of hydrogen-bond acceptors (Lipinski definition) is 5. The lowest BCUT2D eigenvalue weighted by molar-refractivity contribution is 0.602. The Hall–Kier alpha value is -1.01. The second-order valence-electron chi connectivity index (χ2n) is 3.81. The van der Waals surface area contributed by atoms with Crippen LogP contribution in [-0.2, 0) is 9.84 Å². The molecule has 1 N–H and O–H groups in total. The third-order valence-electron chi connectivity index (χ3n) is 2.33. The van der Waals surface area contributed by atoms with Gasteiger partial charge in [-0.3, -0.25) is 4.99 Å². The van der Waals surface area contributed by atoms with Gasteiger partial charge in [0.15, 0.2) is 15.0 Å². The Morgan fingerprint density at radius 2 is 2.00 bits per heavy atom. The molecule has 6 heteroatoms. The third kappa shape index (κ3) is 3.47. The van der Waals surface area contributed by atoms with Crippen molar-refractivity contribution in [3.8, 4) is 0 Å². The Kier molecular flexibility index (Phi) is 3.73. The lowest BCUT2D eigenvalue weighted by atomic mass is 10.3. The molecule has 4 nitrogen and oxygen atoms in total. The maximum atomic E-state index is 11.3. The molecule has 1 aromatic carbocycles. The number of rotatable bonds is 2. The lowest BCUT2D eigenvalue weighted by Gasteiger charge is -2.13. The van der Waals surface area contributed by atoms with Crippen LogP contribution in [0.2, 0.25) is 0 Å². The number of nitrogens with zero attached hydrogens (tertiary/aromatic N) is 1. The fourth-order valence-electron chi connectivity index (χ4n) is 1.44. The van der Waals surface area contributed by atoms with E-state index in [2.05, 4.69) is 10.3 Å². The van der Waals surface area contributed by atoms with Gasteiger partial charge in [0.1, 0.15) is 0 Å². The minimum Gasteiger partial charge on any atom is -0.335 e. The van der Waals surface area contributed by atoms with Crippen molar-refractivity contribution in [2.45, 2.75) is 11.3 Å². The summed E-state index contributed by atoms with van der Waals surface area (Å²) in [5.74, 6) is 1.08. The fourth-order valence-corrected chi connectivity index (χ4v) is 2.91. The normalized spacial score (nSPS) is 16.4. The van der Waals surface area contributed by atoms with E-state index in [1.54, 1.807) is 36.0 Å². The molecule has 0 aromatic heterocycles. The maximum Gasteiger partial charge on any atom is 0.175 e. The van der Waals surface area contributed by atoms with E-state index in [4.69, 9.17) is 0 Å². The predicted molar refractivity (Wildman–Crippen MR) is 72.6 cm³/mol. The largest absolute Gasteiger partial charge is 0.335 e. The summed E-state index contributed by atoms with van der Waals surface area (Å²) in [5, 5.41) is 4.08. The summed E-state index contributed by atoms with van der Waals surface area (Å²) in [4.78, 5) is 4.68. The Morgan fingerprint density at radius 1 is 1.29 bits per heavy atom. The molecule has 0 spiro atoms. The van der Waals surface area contributed by atoms with Gasteiger partial charge < -0.3 is 5.32 Å². The van der Waals surface area contributed by atoms with Crippen LogP contribution >= 0.6 is 11.8 Å². The number of amidine groups is 1. The van der Waals surface area contributed by atoms with Gasteiger partial charge in [-0.2, -0.15) is 0 Å². The van der Waals surface area contributed by atoms with Gasteiger partial charge >= 0.3 is 0 Å². The van der Waals surface area contributed by atoms with E-state index in [0.717, 1.165) is 29.6 Å². The summed E-state index contributed by atoms with van der Waals surface area (Å²) < 4.78 is 22.6. The molecular weight excluding hydrogens is 256 g/mol. The molecule has 0 saturated carbocycles. The van der Waals surface area contributed by atoms with Gasteiger partial charge in [-0.1, -0.05) is 11.8 Å². The van der Waals surface area contributed by atoms with Crippen LogP contribution in [0, 0.1) is 0 Å². The van der Waals surface area contributed by atoms with E-state index in [-0.39, 0.29) is 0 Å². The first kappa shape index (κ1) is 12.4. The van der Waals surface area contributed by atoms with E-state index < -0.39 is 9.84 Å². The van der Waals surface area contributed by atoms with Gasteiger partial charge in [0, 0.05) is 24.2 Å². The Morgan fingerprint density at radius 3 is 2.53 bits per heavy atom. The van der Waals surface area contributed by atoms with Crippen molar-refractivity contribution >= 4 is 32.5 Å². The molecular formula is C11H14N2O2S2. The summed E-state index contributed by atoms with van der Waals surface area (Å²) in [5.41, 5.74) is 0.866. The number of hydrogen-bond donors (Lipinski definition) is 1. The van der Waals surface area contributed by atoms with Crippen LogP contribution in [-0.4, -0.2) is 32.1 Å². The van der Waals surface area contributed by atoms with E-state index >= 15 is 0 Å². The van der Waals surface area contributed by atoms with Crippen LogP contribution < -0.4 is 5.32 Å². The predicted octanol–water partition coefficient (Wildman–Crippen LogP) is 1.99. The van der Waals surface area contributed by atoms with E-state index in [0.29, 0.717) is 4.90 Å². The topological polar surface area (TPSA) is 58.5 Å². The van der Waals surface area contributed by atoms with Crippen LogP contribution in [0.4, 0.5) is 5.69 Å². The Bertz CT molecular complexity index is 521. The van der Waals surface area contributed by atoms with Gasteiger partial charge in [0.2, 0.25) is 0 Å². The molecule has 17 heavy (non-hydrogen) atoms. The highest BCUT2D eigenvalue weighted by Crippen LogP contribution is 2.18. The zero-order chi connectivity index (χ0) is 12.3. The summed E-state index contributed by atoms with van der Waals surface area (Å²) in [6.07, 6.45) is 2.32. The van der Waals surface area contributed by atoms with Crippen molar-refractivity contribution in [3.05, 3.63) is 24.3 Å². The molecule has 0 aliphatic carbocycles. The highest BCUT2D eigenvalue weighted by atomic mass is 32.2. The van der Waals surface area contributed by atoms with Gasteiger partial charge in [0.05, 0.1) is 4.90 Å². The zero-order valence-electron chi connectivity index (χ0n) is 9.51. The molecule has 0 fully saturated rings. The van der Waals surface area contributed by atoms with Gasteiger partial charge in [-0.25, -0.2) is 8.42 Å². The van der Waals surface area contributed by atoms with Crippen LogP contribution in [0.3, 0.4) is 0 Å². The van der Waals surface area contributed by atoms with Crippen LogP contribution in [0.1, 0.15) is 6.42 Å². The second-order valence-corrected chi connectivity index (χ2v) is 6.91. The number of nitrogens with one attached hydrogen (secondary N) is 1. The first-order valence-corrected chi connectivity index (χ1v) is 8.18. The Labute approximate surface area is 105 Å². The zero-order valence-corrected chi connectivity index (χ0v) is 11.1. The SMILES string of the molecule is CS(=O)(=O)c1ccc(NC2=NCCCS2)cc1. The number of thioether (sulfide) groups is 1. The molecule has 1 heterocycles. The van der Waals surface area contributed by atoms with Crippen LogP contribution in [0.5, 0.6) is 0 Å². The minimum absolute atomic E-state index is 0.335. The summed E-state index contributed by atoms with van der Waals surface area (Å²) in [6.45, 7) is 0.858. The Balaban J connectivity index is 2.11. The summed E-state index contributed by atoms with van der Waals surface area (Å²) >= 11 is 1.69. The average Bonchev–Trinajstić information content (AvgIpc) is 2.30. The molecule has 0 amide bonds. The molecule has 0 atom stereocenters. The number of aliphatic imine (C=N–C) groups is 1. The third-order valence-corrected chi connectivity index (χ3v) is 4.46. The molecule has 1 aliphatic heterocycles. The van der Waals surface area contributed by atoms with Gasteiger partial charge in [-0.15, -0.1) is 0 Å². The van der Waals surface area contributed by atoms with Crippen molar-refractivity contribution < 1.29 is 8.42 Å². The minimum atomic E-state index is -3.12. The van der Waals surface area contributed by atoms with E-state index in [1.165, 1.54) is 6.26 Å². The first-order chi connectivity index (χ1) is 8.05. The monoisotopic (exact) mass is 270 g/mol. The summed E-state index contributed by atoms with van der Waals surface area (Å²) in [6, 6.07) is 6.72. The molecule has 2 rings (SSSR count). The molecule has 0 unspecified atom stereocenters. The molecule has 0 radical (unpaired) electrons. The summed E-state index contributed by atoms with van der Waals surface area (Å²) in [7, 11) is -3.12. The molecule has 0 bridgehead atoms. The van der Waals surface area contributed by atoms with Crippen molar-refractivity contribution in [3.63, 3.8) is 0 Å². The van der Waals surface area contributed by atoms with Crippen LogP contribution in [0.25, 0.3) is 0 Å². The average molecular weight is 270 g/mol. The molecule has 0 saturated heterocycles. The molecule has 92 valence electrons. The second kappa shape index (κ2) is 5.10. The highest BCUT2D eigenvalue weighted by Gasteiger charge is 2.08. The van der Waals surface area contributed by atoms with Crippen molar-refractivity contribution in [2.75, 3.05) is 23.9 Å². The smallest absolute Gasteiger partial charge is 0.175 e. The molecule has 1 aliphatic rings. The van der Waals surface area contributed by atoms with E-state index in [9.17, 15) is 8.42 Å². The van der Waals surface area contributed by atoms with Crippen LogP contribution in [0.15, 0.2) is 34.2 Å². The van der Waals surface area contributed by atoms with Gasteiger partial charge in [-0.05, 0) is 30.7 Å². The quantitative estimate of drug-likeness (QED) is 0.893. The van der Waals surface area contributed by atoms with Crippen molar-refractivity contribution in [2.24, 2.45) is 4.99 Å². The number of benzene rings is 1. The first-order valence-electron chi connectivity index (χ1n) is 5.30. The molecule has 1 aromatic rings. The van der Waals surface area contributed by atoms with E-state index in [1.807, 2.05) is 0 Å². The number of anilines is 1. The highest BCUT2D eigenvalue weighted by molar-refractivity contribution is 8.14. The maximum absolute atomic E-state index is 11.3. The van der Waals surface area contributed by atoms with Gasteiger partial charge in [0.25, 0.3) is 0 Å². The fraction of sp³-hybridized carbons (Fsp3) is 0.364.